The van der Waals surface area contributed by atoms with Crippen molar-refractivity contribution in [3.05, 3.63) is 0 Å². The van der Waals surface area contributed by atoms with E-state index in [1.165, 1.54) is 12.8 Å². The highest BCUT2D eigenvalue weighted by Crippen LogP contribution is 2.10. The summed E-state index contributed by atoms with van der Waals surface area (Å²) in [7, 11) is 0. The van der Waals surface area contributed by atoms with Crippen LogP contribution in [0.3, 0.4) is 0 Å². The predicted octanol–water partition coefficient (Wildman–Crippen LogP) is 4.73. The number of hydrogen-bond acceptors (Lipinski definition) is 0. The van der Waals surface area contributed by atoms with Gasteiger partial charge in [-0.3, -0.25) is 0 Å². The Morgan fingerprint density at radius 2 is 1.50 bits per heavy atom. The summed E-state index contributed by atoms with van der Waals surface area (Å²) in [5, 5.41) is 0. The van der Waals surface area contributed by atoms with Gasteiger partial charge >= 0.3 is 0 Å². The topological polar surface area (TPSA) is 0 Å². The molecule has 0 aliphatic heterocycles. The second-order valence-electron chi connectivity index (χ2n) is 2.88. The van der Waals surface area contributed by atoms with Crippen LogP contribution in [0.15, 0.2) is 0 Å². The first kappa shape index (κ1) is 14.5. The summed E-state index contributed by atoms with van der Waals surface area (Å²) >= 11 is 0. The lowest BCUT2D eigenvalue weighted by Gasteiger charge is -2.04. The summed E-state index contributed by atoms with van der Waals surface area (Å²) in [4.78, 5) is 0. The third-order valence-corrected chi connectivity index (χ3v) is 1.72. The maximum absolute atomic E-state index is 12.7. The number of unbranched alkanes of at least 4 members (excludes halogenated alkanes) is 2. The normalized spacial score (nSPS) is 11.8. The zero-order valence-corrected chi connectivity index (χ0v) is 9.20. The molecule has 1 heteroatoms. The van der Waals surface area contributed by atoms with Crippen LogP contribution in [0.2, 0.25) is 0 Å². The second-order valence-corrected chi connectivity index (χ2v) is 2.88. The Labute approximate surface area is 77.6 Å². The zero-order chi connectivity index (χ0) is 9.82. The Hall–Kier alpha value is -0.0700. The van der Waals surface area contributed by atoms with Crippen molar-refractivity contribution in [1.82, 2.24) is 0 Å². The highest BCUT2D eigenvalue weighted by molar-refractivity contribution is 4.54. The number of alkyl halides is 1. The van der Waals surface area contributed by atoms with Crippen LogP contribution in [0.5, 0.6) is 0 Å². The molecule has 0 aromatic rings. The van der Waals surface area contributed by atoms with E-state index in [-0.39, 0.29) is 0 Å². The van der Waals surface area contributed by atoms with E-state index >= 15 is 0 Å². The first-order chi connectivity index (χ1) is 5.81. The zero-order valence-electron chi connectivity index (χ0n) is 9.20. The third kappa shape index (κ3) is 12.6. The molecule has 0 aliphatic carbocycles. The van der Waals surface area contributed by atoms with Crippen molar-refractivity contribution in [2.24, 2.45) is 0 Å². The number of halogens is 1. The molecule has 1 atom stereocenters. The van der Waals surface area contributed by atoms with Crippen LogP contribution in [0.1, 0.15) is 66.2 Å². The third-order valence-electron chi connectivity index (χ3n) is 1.72. The molecular formula is C11H25F. The molecule has 0 saturated heterocycles. The van der Waals surface area contributed by atoms with Gasteiger partial charge in [0.2, 0.25) is 0 Å². The van der Waals surface area contributed by atoms with Gasteiger partial charge in [-0.1, -0.05) is 53.4 Å². The fraction of sp³-hybridized carbons (Fsp3) is 1.00. The fourth-order valence-electron chi connectivity index (χ4n) is 1.07. The SMILES string of the molecule is CC.CCCCCC(F)CCC. The summed E-state index contributed by atoms with van der Waals surface area (Å²) in [6.45, 7) is 8.18. The van der Waals surface area contributed by atoms with E-state index in [2.05, 4.69) is 6.92 Å². The van der Waals surface area contributed by atoms with Crippen LogP contribution in [0, 0.1) is 0 Å². The van der Waals surface area contributed by atoms with Crippen molar-refractivity contribution in [3.8, 4) is 0 Å². The maximum atomic E-state index is 12.7. The van der Waals surface area contributed by atoms with Crippen LogP contribution in [-0.4, -0.2) is 6.17 Å². The van der Waals surface area contributed by atoms with Gasteiger partial charge < -0.3 is 0 Å². The Kier molecular flexibility index (Phi) is 16.3. The van der Waals surface area contributed by atoms with Gasteiger partial charge in [-0.05, 0) is 12.8 Å². The molecule has 0 N–H and O–H groups in total. The molecule has 1 unspecified atom stereocenters. The predicted molar refractivity (Wildman–Crippen MR) is 55.3 cm³/mol. The molecule has 76 valence electrons. The monoisotopic (exact) mass is 176 g/mol. The molecule has 0 nitrogen and oxygen atoms in total. The fourth-order valence-corrected chi connectivity index (χ4v) is 1.07. The highest BCUT2D eigenvalue weighted by atomic mass is 19.1. The van der Waals surface area contributed by atoms with Crippen LogP contribution in [0.25, 0.3) is 0 Å². The van der Waals surface area contributed by atoms with Crippen LogP contribution in [0.4, 0.5) is 4.39 Å². The van der Waals surface area contributed by atoms with Crippen molar-refractivity contribution in [1.29, 1.82) is 0 Å². The van der Waals surface area contributed by atoms with E-state index in [4.69, 9.17) is 0 Å². The van der Waals surface area contributed by atoms with Crippen molar-refractivity contribution in [2.45, 2.75) is 72.4 Å². The molecule has 0 spiro atoms. The Morgan fingerprint density at radius 3 is 1.92 bits per heavy atom. The van der Waals surface area contributed by atoms with Crippen molar-refractivity contribution < 1.29 is 4.39 Å². The summed E-state index contributed by atoms with van der Waals surface area (Å²) in [6, 6.07) is 0. The van der Waals surface area contributed by atoms with Gasteiger partial charge in [0.15, 0.2) is 0 Å². The first-order valence-electron chi connectivity index (χ1n) is 5.45. The van der Waals surface area contributed by atoms with Gasteiger partial charge in [-0.2, -0.15) is 0 Å². The minimum absolute atomic E-state index is 0.531. The summed E-state index contributed by atoms with van der Waals surface area (Å²) in [6.07, 6.45) is 5.43. The van der Waals surface area contributed by atoms with Gasteiger partial charge in [0.05, 0.1) is 0 Å². The largest absolute Gasteiger partial charge is 0.247 e. The standard InChI is InChI=1S/C9H19F.C2H6/c1-3-5-6-8-9(10)7-4-2;1-2/h9H,3-8H2,1-2H3;1-2H3. The smallest absolute Gasteiger partial charge is 0.100 e. The second kappa shape index (κ2) is 13.5. The van der Waals surface area contributed by atoms with Crippen LogP contribution >= 0.6 is 0 Å². The highest BCUT2D eigenvalue weighted by Gasteiger charge is 2.02. The molecular weight excluding hydrogens is 151 g/mol. The van der Waals surface area contributed by atoms with Gasteiger partial charge in [0.25, 0.3) is 0 Å². The van der Waals surface area contributed by atoms with Gasteiger partial charge in [0.1, 0.15) is 6.17 Å². The van der Waals surface area contributed by atoms with Crippen LogP contribution in [-0.2, 0) is 0 Å². The Bertz CT molecular complexity index is 62.0. The lowest BCUT2D eigenvalue weighted by atomic mass is 10.1. The van der Waals surface area contributed by atoms with Gasteiger partial charge in [-0.25, -0.2) is 4.39 Å². The molecule has 0 rings (SSSR count). The Morgan fingerprint density at radius 1 is 0.917 bits per heavy atom. The molecule has 0 aromatic carbocycles. The molecule has 12 heavy (non-hydrogen) atoms. The van der Waals surface area contributed by atoms with E-state index in [9.17, 15) is 4.39 Å². The van der Waals surface area contributed by atoms with E-state index in [0.29, 0.717) is 0 Å². The summed E-state index contributed by atoms with van der Waals surface area (Å²) in [5.74, 6) is 0. The van der Waals surface area contributed by atoms with Crippen molar-refractivity contribution in [3.63, 3.8) is 0 Å². The molecule has 0 radical (unpaired) electrons. The number of hydrogen-bond donors (Lipinski definition) is 0. The van der Waals surface area contributed by atoms with Gasteiger partial charge in [-0.15, -0.1) is 0 Å². The summed E-state index contributed by atoms with van der Waals surface area (Å²) < 4.78 is 12.7. The minimum Gasteiger partial charge on any atom is -0.247 e. The lowest BCUT2D eigenvalue weighted by molar-refractivity contribution is 0.286. The first-order valence-corrected chi connectivity index (χ1v) is 5.45. The van der Waals surface area contributed by atoms with Gasteiger partial charge in [0, 0.05) is 0 Å². The molecule has 0 aromatic heterocycles. The molecule has 0 bridgehead atoms. The molecule has 0 amide bonds. The number of rotatable bonds is 6. The average Bonchev–Trinajstić information content (AvgIpc) is 2.09. The van der Waals surface area contributed by atoms with E-state index in [0.717, 1.165) is 25.7 Å². The van der Waals surface area contributed by atoms with E-state index < -0.39 is 6.17 Å². The Balaban J connectivity index is 0. The average molecular weight is 176 g/mol. The minimum atomic E-state index is -0.531. The van der Waals surface area contributed by atoms with Crippen LogP contribution < -0.4 is 0 Å². The van der Waals surface area contributed by atoms with Crippen molar-refractivity contribution in [2.75, 3.05) is 0 Å². The quantitative estimate of drug-likeness (QED) is 0.513. The van der Waals surface area contributed by atoms with Crippen molar-refractivity contribution >= 4 is 0 Å². The lowest BCUT2D eigenvalue weighted by Crippen LogP contribution is -1.98. The van der Waals surface area contributed by atoms with E-state index in [1.807, 2.05) is 20.8 Å². The molecule has 0 aliphatic rings. The maximum Gasteiger partial charge on any atom is 0.100 e. The summed E-state index contributed by atoms with van der Waals surface area (Å²) in [5.41, 5.74) is 0. The molecule has 0 fully saturated rings. The molecule has 0 heterocycles. The molecule has 0 saturated carbocycles. The van der Waals surface area contributed by atoms with E-state index in [1.54, 1.807) is 0 Å².